The molecule has 0 aromatic carbocycles. The van der Waals surface area contributed by atoms with Gasteiger partial charge in [-0.1, -0.05) is 13.0 Å². The molecule has 98 valence electrons. The van der Waals surface area contributed by atoms with Gasteiger partial charge in [-0.3, -0.25) is 4.79 Å². The summed E-state index contributed by atoms with van der Waals surface area (Å²) in [7, 11) is 0. The third-order valence-corrected chi connectivity index (χ3v) is 3.48. The predicted octanol–water partition coefficient (Wildman–Crippen LogP) is 1.65. The first-order valence-corrected chi connectivity index (χ1v) is 6.84. The zero-order chi connectivity index (χ0) is 13.5. The molecule has 1 unspecified atom stereocenters. The number of pyridine rings is 1. The Morgan fingerprint density at radius 3 is 2.72 bits per heavy atom. The molecule has 0 aliphatic carbocycles. The van der Waals surface area contributed by atoms with E-state index in [4.69, 9.17) is 5.11 Å². The van der Waals surface area contributed by atoms with Crippen LogP contribution in [0.3, 0.4) is 0 Å². The monoisotopic (exact) mass is 268 g/mol. The van der Waals surface area contributed by atoms with Crippen molar-refractivity contribution in [3.05, 3.63) is 29.6 Å². The molecule has 18 heavy (non-hydrogen) atoms. The van der Waals surface area contributed by atoms with Crippen LogP contribution in [-0.4, -0.2) is 40.0 Å². The van der Waals surface area contributed by atoms with E-state index in [1.54, 1.807) is 11.8 Å². The smallest absolute Gasteiger partial charge is 0.354 e. The number of carbonyl (C=O) groups excluding carboxylic acids is 1. The van der Waals surface area contributed by atoms with Crippen molar-refractivity contribution in [3.8, 4) is 0 Å². The molecule has 1 heterocycles. The summed E-state index contributed by atoms with van der Waals surface area (Å²) in [5.74, 6) is -1.48. The number of carboxylic acid groups (broad SMARTS) is 1. The number of rotatable bonds is 6. The van der Waals surface area contributed by atoms with Crippen molar-refractivity contribution in [1.29, 1.82) is 0 Å². The maximum Gasteiger partial charge on any atom is 0.354 e. The number of nitrogens with one attached hydrogen (secondary N) is 1. The highest BCUT2D eigenvalue weighted by molar-refractivity contribution is 7.99. The van der Waals surface area contributed by atoms with Crippen molar-refractivity contribution in [3.63, 3.8) is 0 Å². The molecule has 6 heteroatoms. The molecule has 2 N–H and O–H groups in total. The van der Waals surface area contributed by atoms with Crippen molar-refractivity contribution in [2.24, 2.45) is 0 Å². The lowest BCUT2D eigenvalue weighted by atomic mass is 10.2. The van der Waals surface area contributed by atoms with Gasteiger partial charge in [-0.2, -0.15) is 11.8 Å². The fourth-order valence-corrected chi connectivity index (χ4v) is 1.63. The average molecular weight is 268 g/mol. The Morgan fingerprint density at radius 2 is 2.11 bits per heavy atom. The summed E-state index contributed by atoms with van der Waals surface area (Å²) in [6, 6.07) is 4.37. The molecule has 0 aliphatic rings. The standard InChI is InChI=1S/C12H16N2O3S/c1-8(18-2)6-7-13-11(15)9-4-3-5-10(14-9)12(16)17/h3-5,8H,6-7H2,1-2H3,(H,13,15)(H,16,17). The normalized spacial score (nSPS) is 11.9. The Kier molecular flexibility index (Phi) is 5.64. The van der Waals surface area contributed by atoms with Crippen LogP contribution in [0.25, 0.3) is 0 Å². The van der Waals surface area contributed by atoms with E-state index in [0.717, 1.165) is 6.42 Å². The number of amides is 1. The molecule has 0 aliphatic heterocycles. The number of nitrogens with zero attached hydrogens (tertiary/aromatic N) is 1. The molecule has 5 nitrogen and oxygen atoms in total. The van der Waals surface area contributed by atoms with Crippen LogP contribution in [0, 0.1) is 0 Å². The van der Waals surface area contributed by atoms with Crippen LogP contribution in [0.5, 0.6) is 0 Å². The quantitative estimate of drug-likeness (QED) is 0.820. The van der Waals surface area contributed by atoms with Gasteiger partial charge >= 0.3 is 5.97 Å². The van der Waals surface area contributed by atoms with E-state index >= 15 is 0 Å². The van der Waals surface area contributed by atoms with Gasteiger partial charge in [0.25, 0.3) is 5.91 Å². The van der Waals surface area contributed by atoms with E-state index in [1.807, 2.05) is 6.26 Å². The first-order chi connectivity index (χ1) is 8.54. The van der Waals surface area contributed by atoms with E-state index in [0.29, 0.717) is 11.8 Å². The highest BCUT2D eigenvalue weighted by Crippen LogP contribution is 2.08. The highest BCUT2D eigenvalue weighted by atomic mass is 32.2. The number of thioether (sulfide) groups is 1. The van der Waals surface area contributed by atoms with Gasteiger partial charge in [0.15, 0.2) is 0 Å². The van der Waals surface area contributed by atoms with E-state index in [1.165, 1.54) is 18.2 Å². The van der Waals surface area contributed by atoms with Crippen LogP contribution in [0.1, 0.15) is 34.3 Å². The van der Waals surface area contributed by atoms with Gasteiger partial charge in [-0.25, -0.2) is 9.78 Å². The summed E-state index contributed by atoms with van der Waals surface area (Å²) in [4.78, 5) is 26.2. The molecule has 0 fully saturated rings. The second kappa shape index (κ2) is 7.00. The second-order valence-electron chi connectivity index (χ2n) is 3.80. The molecule has 1 aromatic heterocycles. The summed E-state index contributed by atoms with van der Waals surface area (Å²) in [6.07, 6.45) is 2.88. The number of hydrogen-bond donors (Lipinski definition) is 2. The molecule has 1 aromatic rings. The Balaban J connectivity index is 2.56. The molecular formula is C12H16N2O3S. The van der Waals surface area contributed by atoms with Gasteiger partial charge in [0.05, 0.1) is 0 Å². The molecule has 1 rings (SSSR count). The number of aromatic nitrogens is 1. The van der Waals surface area contributed by atoms with Crippen LogP contribution in [0.2, 0.25) is 0 Å². The number of hydrogen-bond acceptors (Lipinski definition) is 4. The van der Waals surface area contributed by atoms with Crippen LogP contribution < -0.4 is 5.32 Å². The molecule has 0 radical (unpaired) electrons. The fraction of sp³-hybridized carbons (Fsp3) is 0.417. The summed E-state index contributed by atoms with van der Waals surface area (Å²) in [5.41, 5.74) is 0.00633. The zero-order valence-corrected chi connectivity index (χ0v) is 11.2. The summed E-state index contributed by atoms with van der Waals surface area (Å²) >= 11 is 1.73. The first-order valence-electron chi connectivity index (χ1n) is 5.56. The minimum Gasteiger partial charge on any atom is -0.477 e. The van der Waals surface area contributed by atoms with Gasteiger partial charge in [0.1, 0.15) is 11.4 Å². The van der Waals surface area contributed by atoms with Crippen molar-refractivity contribution in [1.82, 2.24) is 10.3 Å². The Bertz CT molecular complexity index is 437. The lowest BCUT2D eigenvalue weighted by molar-refractivity contribution is 0.0690. The Hall–Kier alpha value is -1.56. The average Bonchev–Trinajstić information content (AvgIpc) is 2.38. The predicted molar refractivity (Wildman–Crippen MR) is 71.1 cm³/mol. The molecule has 0 spiro atoms. The second-order valence-corrected chi connectivity index (χ2v) is 5.08. The minimum atomic E-state index is -1.14. The van der Waals surface area contributed by atoms with Crippen LogP contribution in [-0.2, 0) is 0 Å². The highest BCUT2D eigenvalue weighted by Gasteiger charge is 2.11. The van der Waals surface area contributed by atoms with Crippen LogP contribution in [0.15, 0.2) is 18.2 Å². The van der Waals surface area contributed by atoms with Crippen molar-refractivity contribution in [2.45, 2.75) is 18.6 Å². The van der Waals surface area contributed by atoms with Crippen molar-refractivity contribution in [2.75, 3.05) is 12.8 Å². The van der Waals surface area contributed by atoms with E-state index in [-0.39, 0.29) is 17.3 Å². The molecule has 0 saturated heterocycles. The summed E-state index contributed by atoms with van der Waals surface area (Å²) < 4.78 is 0. The third kappa shape index (κ3) is 4.37. The van der Waals surface area contributed by atoms with Crippen molar-refractivity contribution < 1.29 is 14.7 Å². The van der Waals surface area contributed by atoms with Gasteiger partial charge in [-0.05, 0) is 24.8 Å². The molecular weight excluding hydrogens is 252 g/mol. The first kappa shape index (κ1) is 14.5. The lowest BCUT2D eigenvalue weighted by Gasteiger charge is -2.09. The van der Waals surface area contributed by atoms with E-state index in [2.05, 4.69) is 17.2 Å². The number of aromatic carboxylic acids is 1. The molecule has 0 saturated carbocycles. The van der Waals surface area contributed by atoms with Gasteiger partial charge < -0.3 is 10.4 Å². The molecule has 1 atom stereocenters. The number of carboxylic acids is 1. The topological polar surface area (TPSA) is 79.3 Å². The fourth-order valence-electron chi connectivity index (χ4n) is 1.28. The Morgan fingerprint density at radius 1 is 1.44 bits per heavy atom. The lowest BCUT2D eigenvalue weighted by Crippen LogP contribution is -2.27. The van der Waals surface area contributed by atoms with Crippen LogP contribution >= 0.6 is 11.8 Å². The molecule has 0 bridgehead atoms. The maximum atomic E-state index is 11.7. The largest absolute Gasteiger partial charge is 0.477 e. The minimum absolute atomic E-state index is 0.125. The SMILES string of the molecule is CSC(C)CCNC(=O)c1cccc(C(=O)O)n1. The Labute approximate surface area is 110 Å². The zero-order valence-electron chi connectivity index (χ0n) is 10.3. The van der Waals surface area contributed by atoms with Crippen LogP contribution in [0.4, 0.5) is 0 Å². The van der Waals surface area contributed by atoms with Crippen molar-refractivity contribution >= 4 is 23.6 Å². The van der Waals surface area contributed by atoms with E-state index < -0.39 is 5.97 Å². The van der Waals surface area contributed by atoms with Gasteiger partial charge in [0, 0.05) is 11.8 Å². The summed E-state index contributed by atoms with van der Waals surface area (Å²) in [6.45, 7) is 2.64. The van der Waals surface area contributed by atoms with Gasteiger partial charge in [0.2, 0.25) is 0 Å². The molecule has 1 amide bonds. The number of carbonyl (C=O) groups is 2. The summed E-state index contributed by atoms with van der Waals surface area (Å²) in [5, 5.41) is 12.0. The third-order valence-electron chi connectivity index (χ3n) is 2.44. The maximum absolute atomic E-state index is 11.7. The van der Waals surface area contributed by atoms with Gasteiger partial charge in [-0.15, -0.1) is 0 Å². The van der Waals surface area contributed by atoms with E-state index in [9.17, 15) is 9.59 Å².